The van der Waals surface area contributed by atoms with Gasteiger partial charge in [-0.05, 0) is 56.1 Å². The average molecular weight is 327 g/mol. The lowest BCUT2D eigenvalue weighted by atomic mass is 9.75. The third-order valence-electron chi connectivity index (χ3n) is 6.03. The van der Waals surface area contributed by atoms with E-state index >= 15 is 0 Å². The van der Waals surface area contributed by atoms with Crippen LogP contribution in [0.3, 0.4) is 0 Å². The lowest BCUT2D eigenvalue weighted by Gasteiger charge is -2.37. The van der Waals surface area contributed by atoms with E-state index in [0.29, 0.717) is 0 Å². The maximum absolute atomic E-state index is 13.0. The summed E-state index contributed by atoms with van der Waals surface area (Å²) in [6.07, 6.45) is 8.30. The summed E-state index contributed by atoms with van der Waals surface area (Å²) in [6.45, 7) is 0. The van der Waals surface area contributed by atoms with Crippen LogP contribution in [-0.4, -0.2) is 17.5 Å². The molecule has 1 heterocycles. The molecule has 24 heavy (non-hydrogen) atoms. The average Bonchev–Trinajstić information content (AvgIpc) is 2.91. The zero-order chi connectivity index (χ0) is 16.6. The van der Waals surface area contributed by atoms with Crippen LogP contribution in [0.15, 0.2) is 24.3 Å². The first-order valence-corrected chi connectivity index (χ1v) is 9.28. The summed E-state index contributed by atoms with van der Waals surface area (Å²) in [4.78, 5) is 24.9. The molecule has 2 atom stereocenters. The first-order chi connectivity index (χ1) is 11.7. The van der Waals surface area contributed by atoms with Crippen LogP contribution in [0.25, 0.3) is 0 Å². The summed E-state index contributed by atoms with van der Waals surface area (Å²) < 4.78 is 5.68. The lowest BCUT2D eigenvalue weighted by Crippen LogP contribution is -2.46. The number of hydrogen-bond donors (Lipinski definition) is 1. The number of nitrogens with one attached hydrogen (secondary N) is 1. The van der Waals surface area contributed by atoms with Crippen LogP contribution < -0.4 is 5.32 Å². The Balaban J connectivity index is 1.53. The van der Waals surface area contributed by atoms with Gasteiger partial charge in [-0.25, -0.2) is 0 Å². The highest BCUT2D eigenvalue weighted by molar-refractivity contribution is 5.88. The van der Waals surface area contributed by atoms with Crippen LogP contribution in [0, 0.1) is 5.92 Å². The minimum absolute atomic E-state index is 0.00412. The van der Waals surface area contributed by atoms with Crippen molar-refractivity contribution in [2.75, 3.05) is 0 Å². The Bertz CT molecular complexity index is 648. The Morgan fingerprint density at radius 1 is 1.12 bits per heavy atom. The van der Waals surface area contributed by atoms with Gasteiger partial charge in [-0.2, -0.15) is 0 Å². The number of fused-ring (bicyclic) bond motifs is 1. The van der Waals surface area contributed by atoms with Crippen LogP contribution in [-0.2, 0) is 20.7 Å². The minimum Gasteiger partial charge on any atom is -0.458 e. The second kappa shape index (κ2) is 6.23. The number of esters is 1. The maximum atomic E-state index is 13.0. The molecule has 0 radical (unpaired) electrons. The zero-order valence-corrected chi connectivity index (χ0v) is 14.1. The van der Waals surface area contributed by atoms with Crippen molar-refractivity contribution >= 4 is 11.9 Å². The number of carbonyl (C=O) groups is 2. The van der Waals surface area contributed by atoms with Gasteiger partial charge in [-0.15, -0.1) is 0 Å². The van der Waals surface area contributed by atoms with E-state index in [2.05, 4.69) is 23.5 Å². The van der Waals surface area contributed by atoms with Crippen LogP contribution in [0.2, 0.25) is 0 Å². The van der Waals surface area contributed by atoms with Gasteiger partial charge in [-0.3, -0.25) is 9.59 Å². The first kappa shape index (κ1) is 15.7. The summed E-state index contributed by atoms with van der Waals surface area (Å²) in [7, 11) is 0. The molecule has 4 rings (SSSR count). The third-order valence-corrected chi connectivity index (χ3v) is 6.03. The Morgan fingerprint density at radius 3 is 2.75 bits per heavy atom. The van der Waals surface area contributed by atoms with Gasteiger partial charge in [0.05, 0.1) is 18.4 Å². The van der Waals surface area contributed by atoms with E-state index in [1.165, 1.54) is 17.5 Å². The molecule has 1 saturated carbocycles. The Morgan fingerprint density at radius 2 is 1.92 bits per heavy atom. The molecule has 1 aromatic rings. The van der Waals surface area contributed by atoms with E-state index in [-0.39, 0.29) is 30.3 Å². The number of carbonyl (C=O) groups excluding carboxylic acids is 2. The second-order valence-electron chi connectivity index (χ2n) is 7.51. The molecule has 1 amide bonds. The number of ether oxygens (including phenoxy) is 1. The summed E-state index contributed by atoms with van der Waals surface area (Å²) >= 11 is 0. The lowest BCUT2D eigenvalue weighted by molar-refractivity contribution is -0.153. The first-order valence-electron chi connectivity index (χ1n) is 9.28. The molecule has 2 fully saturated rings. The molecule has 1 saturated heterocycles. The van der Waals surface area contributed by atoms with Crippen molar-refractivity contribution in [2.24, 2.45) is 5.92 Å². The van der Waals surface area contributed by atoms with Crippen molar-refractivity contribution in [1.29, 1.82) is 0 Å². The van der Waals surface area contributed by atoms with Crippen molar-refractivity contribution in [3.05, 3.63) is 35.4 Å². The largest absolute Gasteiger partial charge is 0.458 e. The number of aryl methyl sites for hydroxylation is 1. The van der Waals surface area contributed by atoms with Crippen LogP contribution >= 0.6 is 0 Å². The normalized spacial score (nSPS) is 28.2. The van der Waals surface area contributed by atoms with Gasteiger partial charge in [-0.1, -0.05) is 30.7 Å². The zero-order valence-electron chi connectivity index (χ0n) is 14.1. The topological polar surface area (TPSA) is 55.4 Å². The van der Waals surface area contributed by atoms with E-state index in [4.69, 9.17) is 4.74 Å². The van der Waals surface area contributed by atoms with E-state index in [1.807, 2.05) is 6.07 Å². The fraction of sp³-hybridized carbons (Fsp3) is 0.600. The molecule has 0 bridgehead atoms. The smallest absolute Gasteiger partial charge is 0.307 e. The molecular formula is C20H25NO3. The van der Waals surface area contributed by atoms with Crippen molar-refractivity contribution in [2.45, 2.75) is 69.4 Å². The summed E-state index contributed by atoms with van der Waals surface area (Å²) in [5.41, 5.74) is 2.04. The molecule has 4 heteroatoms. The fourth-order valence-electron chi connectivity index (χ4n) is 4.80. The quantitative estimate of drug-likeness (QED) is 0.847. The standard InChI is InChI=1S/C20H25NO3/c22-18-13-16(20(24-18)11-4-1-5-12-20)19(23)21-17-10-6-8-14-7-2-3-9-15(14)17/h2-3,7,9,16-17H,1,4-6,8,10-13H2,(H,21,23)/t16-,17-/m0/s1. The van der Waals surface area contributed by atoms with Gasteiger partial charge in [0.2, 0.25) is 5.91 Å². The van der Waals surface area contributed by atoms with Crippen LogP contribution in [0.1, 0.15) is 68.5 Å². The summed E-state index contributed by atoms with van der Waals surface area (Å²) in [6, 6.07) is 8.43. The predicted molar refractivity (Wildman–Crippen MR) is 90.3 cm³/mol. The van der Waals surface area contributed by atoms with E-state index in [1.54, 1.807) is 0 Å². The van der Waals surface area contributed by atoms with Gasteiger partial charge < -0.3 is 10.1 Å². The fourth-order valence-corrected chi connectivity index (χ4v) is 4.80. The molecule has 1 spiro atoms. The Labute approximate surface area is 143 Å². The molecule has 1 aromatic carbocycles. The van der Waals surface area contributed by atoms with Crippen molar-refractivity contribution in [3.8, 4) is 0 Å². The molecule has 1 N–H and O–H groups in total. The van der Waals surface area contributed by atoms with Gasteiger partial charge in [0, 0.05) is 0 Å². The molecule has 0 unspecified atom stereocenters. The van der Waals surface area contributed by atoms with Crippen LogP contribution in [0.5, 0.6) is 0 Å². The maximum Gasteiger partial charge on any atom is 0.307 e. The molecule has 0 aromatic heterocycles. The number of benzene rings is 1. The number of hydrogen-bond acceptors (Lipinski definition) is 3. The predicted octanol–water partition coefficient (Wildman–Crippen LogP) is 3.45. The third kappa shape index (κ3) is 2.72. The number of rotatable bonds is 2. The second-order valence-corrected chi connectivity index (χ2v) is 7.51. The van der Waals surface area contributed by atoms with Gasteiger partial charge in [0.1, 0.15) is 5.60 Å². The molecule has 1 aliphatic heterocycles. The molecule has 128 valence electrons. The monoisotopic (exact) mass is 327 g/mol. The molecule has 3 aliphatic rings. The van der Waals surface area contributed by atoms with E-state index in [0.717, 1.165) is 44.9 Å². The summed E-state index contributed by atoms with van der Waals surface area (Å²) in [5.74, 6) is -0.523. The van der Waals surface area contributed by atoms with Crippen molar-refractivity contribution < 1.29 is 14.3 Å². The van der Waals surface area contributed by atoms with Crippen molar-refractivity contribution in [3.63, 3.8) is 0 Å². The van der Waals surface area contributed by atoms with Gasteiger partial charge in [0.25, 0.3) is 0 Å². The van der Waals surface area contributed by atoms with E-state index < -0.39 is 5.60 Å². The highest BCUT2D eigenvalue weighted by Gasteiger charge is 2.53. The minimum atomic E-state index is -0.534. The van der Waals surface area contributed by atoms with Gasteiger partial charge in [0.15, 0.2) is 0 Å². The molecular weight excluding hydrogens is 302 g/mol. The van der Waals surface area contributed by atoms with E-state index in [9.17, 15) is 9.59 Å². The molecule has 2 aliphatic carbocycles. The molecule has 4 nitrogen and oxygen atoms in total. The number of amides is 1. The van der Waals surface area contributed by atoms with Crippen molar-refractivity contribution in [1.82, 2.24) is 5.32 Å². The van der Waals surface area contributed by atoms with Gasteiger partial charge >= 0.3 is 5.97 Å². The Hall–Kier alpha value is -1.84. The Kier molecular flexibility index (Phi) is 4.07. The summed E-state index contributed by atoms with van der Waals surface area (Å²) in [5, 5.41) is 3.24. The SMILES string of the molecule is O=C1C[C@@H](C(=O)N[C@H]2CCCc3ccccc32)C2(CCCCC2)O1. The highest BCUT2D eigenvalue weighted by Crippen LogP contribution is 2.44. The highest BCUT2D eigenvalue weighted by atomic mass is 16.6. The van der Waals surface area contributed by atoms with Crippen LogP contribution in [0.4, 0.5) is 0 Å².